The van der Waals surface area contributed by atoms with Gasteiger partial charge in [0.15, 0.2) is 5.03 Å². The van der Waals surface area contributed by atoms with Gasteiger partial charge in [-0.1, -0.05) is 0 Å². The second-order valence-electron chi connectivity index (χ2n) is 4.06. The molecule has 0 unspecified atom stereocenters. The molecule has 2 aromatic rings. The third kappa shape index (κ3) is 3.51. The maximum Gasteiger partial charge on any atom is 0.260 e. The van der Waals surface area contributed by atoms with Crippen molar-refractivity contribution in [3.05, 3.63) is 53.7 Å². The molecule has 0 aliphatic heterocycles. The molecule has 0 saturated heterocycles. The lowest BCUT2D eigenvalue weighted by Gasteiger charge is -2.10. The van der Waals surface area contributed by atoms with Crippen molar-refractivity contribution in [2.75, 3.05) is 5.43 Å². The number of benzene rings is 1. The van der Waals surface area contributed by atoms with Crippen LogP contribution in [0.15, 0.2) is 41.6 Å². The van der Waals surface area contributed by atoms with Crippen molar-refractivity contribution in [2.24, 2.45) is 5.84 Å². The molecule has 0 aliphatic carbocycles. The van der Waals surface area contributed by atoms with Gasteiger partial charge in [0.25, 0.3) is 10.0 Å². The number of nitrogens with zero attached hydrogens (tertiary/aromatic N) is 1. The normalized spacial score (nSPS) is 11.4. The van der Waals surface area contributed by atoms with E-state index in [1.807, 2.05) is 0 Å². The van der Waals surface area contributed by atoms with Crippen LogP contribution in [0.1, 0.15) is 5.56 Å². The highest BCUT2D eigenvalue weighted by molar-refractivity contribution is 7.89. The molecule has 0 saturated carbocycles. The quantitative estimate of drug-likeness (QED) is 0.568. The molecule has 9 heteroatoms. The van der Waals surface area contributed by atoms with Gasteiger partial charge in [-0.2, -0.15) is 0 Å². The Morgan fingerprint density at radius 2 is 2.00 bits per heavy atom. The molecule has 0 fully saturated rings. The fourth-order valence-corrected chi connectivity index (χ4v) is 2.73. The van der Waals surface area contributed by atoms with E-state index < -0.39 is 28.2 Å². The second kappa shape index (κ2) is 6.12. The molecule has 0 bridgehead atoms. The average Bonchev–Trinajstić information content (AvgIpc) is 2.48. The van der Waals surface area contributed by atoms with Gasteiger partial charge in [0.05, 0.1) is 5.69 Å². The Bertz CT molecular complexity index is 753. The highest BCUT2D eigenvalue weighted by atomic mass is 32.2. The molecule has 1 aromatic heterocycles. The summed E-state index contributed by atoms with van der Waals surface area (Å²) >= 11 is 0. The Balaban J connectivity index is 2.24. The van der Waals surface area contributed by atoms with Crippen molar-refractivity contribution in [3.8, 4) is 0 Å². The van der Waals surface area contributed by atoms with Gasteiger partial charge in [-0.05, 0) is 30.3 Å². The molecule has 0 aliphatic rings. The number of hydrogen-bond donors (Lipinski definition) is 3. The molecule has 0 amide bonds. The van der Waals surface area contributed by atoms with E-state index in [4.69, 9.17) is 5.84 Å². The summed E-state index contributed by atoms with van der Waals surface area (Å²) in [5.41, 5.74) is 2.18. The molecular weight excluding hydrogens is 302 g/mol. The number of anilines is 1. The van der Waals surface area contributed by atoms with Gasteiger partial charge in [0, 0.05) is 18.3 Å². The summed E-state index contributed by atoms with van der Waals surface area (Å²) in [6.07, 6.45) is 1.28. The first-order chi connectivity index (χ1) is 9.94. The molecule has 6 nitrogen and oxygen atoms in total. The summed E-state index contributed by atoms with van der Waals surface area (Å²) in [5.74, 6) is 3.84. The van der Waals surface area contributed by atoms with Crippen LogP contribution in [0.3, 0.4) is 0 Å². The molecule has 1 heterocycles. The molecule has 2 rings (SSSR count). The molecular formula is C12H12F2N4O2S. The van der Waals surface area contributed by atoms with Crippen molar-refractivity contribution < 1.29 is 17.2 Å². The van der Waals surface area contributed by atoms with E-state index in [1.54, 1.807) is 0 Å². The standard InChI is InChI=1S/C12H12F2N4O2S/c13-9-3-4-10(14)8(6-9)7-17-21(19,20)12-11(18-15)2-1-5-16-12/h1-6,17-18H,7,15H2. The van der Waals surface area contributed by atoms with Crippen LogP contribution in [0.2, 0.25) is 0 Å². The molecule has 4 N–H and O–H groups in total. The predicted octanol–water partition coefficient (Wildman–Crippen LogP) is 1.12. The summed E-state index contributed by atoms with van der Waals surface area (Å²) in [7, 11) is -4.02. The number of halogens is 2. The summed E-state index contributed by atoms with van der Waals surface area (Å²) < 4.78 is 52.8. The maximum atomic E-state index is 13.4. The van der Waals surface area contributed by atoms with Crippen molar-refractivity contribution in [2.45, 2.75) is 11.6 Å². The fourth-order valence-electron chi connectivity index (χ4n) is 1.63. The van der Waals surface area contributed by atoms with Gasteiger partial charge in [-0.3, -0.25) is 5.84 Å². The summed E-state index contributed by atoms with van der Waals surface area (Å²) in [5, 5.41) is -0.329. The van der Waals surface area contributed by atoms with Crippen LogP contribution in [0, 0.1) is 11.6 Å². The van der Waals surface area contributed by atoms with Gasteiger partial charge >= 0.3 is 0 Å². The van der Waals surface area contributed by atoms with Gasteiger partial charge in [-0.15, -0.1) is 0 Å². The Morgan fingerprint density at radius 3 is 2.71 bits per heavy atom. The molecule has 0 atom stereocenters. The Hall–Kier alpha value is -2.10. The maximum absolute atomic E-state index is 13.4. The number of hydrogen-bond acceptors (Lipinski definition) is 5. The SMILES string of the molecule is NNc1cccnc1S(=O)(=O)NCc1cc(F)ccc1F. The molecule has 0 radical (unpaired) electrons. The van der Waals surface area contributed by atoms with Crippen molar-refractivity contribution >= 4 is 15.7 Å². The van der Waals surface area contributed by atoms with Crippen LogP contribution >= 0.6 is 0 Å². The van der Waals surface area contributed by atoms with Gasteiger partial charge in [0.1, 0.15) is 11.6 Å². The number of sulfonamides is 1. The first kappa shape index (κ1) is 15.3. The number of nitrogens with one attached hydrogen (secondary N) is 2. The third-order valence-electron chi connectivity index (χ3n) is 2.64. The zero-order chi connectivity index (χ0) is 15.5. The van der Waals surface area contributed by atoms with Crippen molar-refractivity contribution in [1.29, 1.82) is 0 Å². The minimum Gasteiger partial charge on any atom is -0.321 e. The lowest BCUT2D eigenvalue weighted by molar-refractivity contribution is 0.565. The monoisotopic (exact) mass is 314 g/mol. The first-order valence-corrected chi connectivity index (χ1v) is 7.27. The van der Waals surface area contributed by atoms with Crippen LogP contribution in [-0.4, -0.2) is 13.4 Å². The first-order valence-electron chi connectivity index (χ1n) is 5.79. The second-order valence-corrected chi connectivity index (χ2v) is 5.74. The van der Waals surface area contributed by atoms with Crippen molar-refractivity contribution in [1.82, 2.24) is 9.71 Å². The van der Waals surface area contributed by atoms with Crippen LogP contribution in [0.4, 0.5) is 14.5 Å². The number of hydrazine groups is 1. The number of aromatic nitrogens is 1. The van der Waals surface area contributed by atoms with E-state index >= 15 is 0 Å². The Kier molecular flexibility index (Phi) is 4.46. The fraction of sp³-hybridized carbons (Fsp3) is 0.0833. The number of nitrogens with two attached hydrogens (primary N) is 1. The zero-order valence-electron chi connectivity index (χ0n) is 10.7. The summed E-state index contributed by atoms with van der Waals surface area (Å²) in [4.78, 5) is 3.71. The largest absolute Gasteiger partial charge is 0.321 e. The Morgan fingerprint density at radius 1 is 1.24 bits per heavy atom. The molecule has 1 aromatic carbocycles. The van der Waals surface area contributed by atoms with Gasteiger partial charge in [-0.25, -0.2) is 26.9 Å². The minimum absolute atomic E-state index is 0.0877. The predicted molar refractivity (Wildman–Crippen MR) is 72.4 cm³/mol. The highest BCUT2D eigenvalue weighted by Gasteiger charge is 2.20. The molecule has 0 spiro atoms. The van der Waals surface area contributed by atoms with Crippen LogP contribution in [-0.2, 0) is 16.6 Å². The number of rotatable bonds is 5. The number of pyridine rings is 1. The third-order valence-corrected chi connectivity index (χ3v) is 4.00. The molecule has 21 heavy (non-hydrogen) atoms. The summed E-state index contributed by atoms with van der Waals surface area (Å²) in [6, 6.07) is 5.71. The van der Waals surface area contributed by atoms with Crippen LogP contribution in [0.25, 0.3) is 0 Å². The van der Waals surface area contributed by atoms with E-state index in [2.05, 4.69) is 15.1 Å². The Labute approximate surface area is 120 Å². The van der Waals surface area contributed by atoms with E-state index in [-0.39, 0.29) is 16.3 Å². The van der Waals surface area contributed by atoms with Crippen LogP contribution in [0.5, 0.6) is 0 Å². The van der Waals surface area contributed by atoms with Gasteiger partial charge in [0.2, 0.25) is 0 Å². The minimum atomic E-state index is -4.02. The lowest BCUT2D eigenvalue weighted by atomic mass is 10.2. The van der Waals surface area contributed by atoms with Crippen molar-refractivity contribution in [3.63, 3.8) is 0 Å². The lowest BCUT2D eigenvalue weighted by Crippen LogP contribution is -2.26. The van der Waals surface area contributed by atoms with E-state index in [1.165, 1.54) is 18.3 Å². The smallest absolute Gasteiger partial charge is 0.260 e. The highest BCUT2D eigenvalue weighted by Crippen LogP contribution is 2.17. The van der Waals surface area contributed by atoms with Gasteiger partial charge < -0.3 is 5.43 Å². The number of nitrogen functional groups attached to an aromatic ring is 1. The van der Waals surface area contributed by atoms with Crippen LogP contribution < -0.4 is 16.0 Å². The van der Waals surface area contributed by atoms with E-state index in [0.29, 0.717) is 0 Å². The topological polar surface area (TPSA) is 97.1 Å². The molecule has 112 valence electrons. The average molecular weight is 314 g/mol. The van der Waals surface area contributed by atoms with E-state index in [0.717, 1.165) is 18.2 Å². The zero-order valence-corrected chi connectivity index (χ0v) is 11.5. The summed E-state index contributed by atoms with van der Waals surface area (Å²) in [6.45, 7) is -0.410. The van der Waals surface area contributed by atoms with E-state index in [9.17, 15) is 17.2 Å².